The van der Waals surface area contributed by atoms with Crippen molar-refractivity contribution in [2.45, 2.75) is 38.1 Å². The van der Waals surface area contributed by atoms with Gasteiger partial charge < -0.3 is 5.32 Å². The van der Waals surface area contributed by atoms with E-state index in [1.165, 1.54) is 32.1 Å². The molecule has 70 valence electrons. The Balaban J connectivity index is 1.90. The zero-order valence-corrected chi connectivity index (χ0v) is 7.87. The molecule has 0 atom stereocenters. The van der Waals surface area contributed by atoms with Crippen LogP contribution in [0.3, 0.4) is 0 Å². The first-order valence-corrected chi connectivity index (χ1v) is 5.13. The number of pyridine rings is 1. The van der Waals surface area contributed by atoms with Crippen molar-refractivity contribution >= 4 is 5.82 Å². The van der Waals surface area contributed by atoms with Gasteiger partial charge in [-0.05, 0) is 25.0 Å². The first-order chi connectivity index (χ1) is 6.45. The van der Waals surface area contributed by atoms with E-state index in [0.29, 0.717) is 6.04 Å². The SMILES string of the molecule is c1ccc(NC2CCCCC2)nc1. The molecule has 0 unspecified atom stereocenters. The Hall–Kier alpha value is -1.05. The van der Waals surface area contributed by atoms with Crippen molar-refractivity contribution in [3.8, 4) is 0 Å². The molecule has 1 fully saturated rings. The van der Waals surface area contributed by atoms with Crippen LogP contribution >= 0.6 is 0 Å². The zero-order chi connectivity index (χ0) is 8.93. The van der Waals surface area contributed by atoms with Gasteiger partial charge in [-0.25, -0.2) is 4.98 Å². The third-order valence-electron chi connectivity index (χ3n) is 2.62. The molecule has 0 aliphatic heterocycles. The number of nitrogens with one attached hydrogen (secondary N) is 1. The maximum absolute atomic E-state index is 4.26. The fourth-order valence-electron chi connectivity index (χ4n) is 1.90. The number of rotatable bonds is 2. The quantitative estimate of drug-likeness (QED) is 0.749. The van der Waals surface area contributed by atoms with Crippen LogP contribution in [0.5, 0.6) is 0 Å². The largest absolute Gasteiger partial charge is 0.367 e. The van der Waals surface area contributed by atoms with Crippen LogP contribution in [-0.2, 0) is 0 Å². The van der Waals surface area contributed by atoms with E-state index in [0.717, 1.165) is 5.82 Å². The molecule has 1 heterocycles. The van der Waals surface area contributed by atoms with Crippen molar-refractivity contribution in [3.63, 3.8) is 0 Å². The van der Waals surface area contributed by atoms with Crippen LogP contribution in [0.15, 0.2) is 24.4 Å². The molecule has 0 aromatic carbocycles. The number of anilines is 1. The summed E-state index contributed by atoms with van der Waals surface area (Å²) in [7, 11) is 0. The standard InChI is InChI=1S/C11H16N2/c1-2-6-10(7-3-1)13-11-8-4-5-9-12-11/h4-5,8-10H,1-3,6-7H2,(H,12,13). The lowest BCUT2D eigenvalue weighted by atomic mass is 9.95. The predicted molar refractivity (Wildman–Crippen MR) is 54.7 cm³/mol. The van der Waals surface area contributed by atoms with E-state index in [1.54, 1.807) is 0 Å². The van der Waals surface area contributed by atoms with Gasteiger partial charge in [0.25, 0.3) is 0 Å². The summed E-state index contributed by atoms with van der Waals surface area (Å²) >= 11 is 0. The second kappa shape index (κ2) is 4.26. The van der Waals surface area contributed by atoms with E-state index in [4.69, 9.17) is 0 Å². The summed E-state index contributed by atoms with van der Waals surface area (Å²) in [5.74, 6) is 1.02. The molecule has 0 amide bonds. The molecule has 2 nitrogen and oxygen atoms in total. The predicted octanol–water partition coefficient (Wildman–Crippen LogP) is 2.83. The third kappa shape index (κ3) is 2.44. The fourth-order valence-corrected chi connectivity index (χ4v) is 1.90. The average molecular weight is 176 g/mol. The second-order valence-corrected chi connectivity index (χ2v) is 3.69. The van der Waals surface area contributed by atoms with Crippen molar-refractivity contribution in [2.24, 2.45) is 0 Å². The van der Waals surface area contributed by atoms with Crippen LogP contribution in [-0.4, -0.2) is 11.0 Å². The first kappa shape index (κ1) is 8.54. The van der Waals surface area contributed by atoms with Crippen molar-refractivity contribution in [1.82, 2.24) is 4.98 Å². The van der Waals surface area contributed by atoms with E-state index in [1.807, 2.05) is 24.4 Å². The molecule has 0 bridgehead atoms. The van der Waals surface area contributed by atoms with Crippen molar-refractivity contribution in [1.29, 1.82) is 0 Å². The van der Waals surface area contributed by atoms with Gasteiger partial charge in [0.15, 0.2) is 0 Å². The van der Waals surface area contributed by atoms with Gasteiger partial charge in [0.1, 0.15) is 5.82 Å². The molecule has 1 aliphatic rings. The normalized spacial score (nSPS) is 18.5. The summed E-state index contributed by atoms with van der Waals surface area (Å²) < 4.78 is 0. The Morgan fingerprint density at radius 1 is 1.15 bits per heavy atom. The van der Waals surface area contributed by atoms with Crippen molar-refractivity contribution < 1.29 is 0 Å². The lowest BCUT2D eigenvalue weighted by molar-refractivity contribution is 0.462. The van der Waals surface area contributed by atoms with Crippen LogP contribution in [0.2, 0.25) is 0 Å². The molecule has 2 rings (SSSR count). The van der Waals surface area contributed by atoms with Gasteiger partial charge in [-0.1, -0.05) is 25.3 Å². The maximum atomic E-state index is 4.26. The van der Waals surface area contributed by atoms with Crippen LogP contribution in [0.25, 0.3) is 0 Å². The summed E-state index contributed by atoms with van der Waals surface area (Å²) in [6.45, 7) is 0. The highest BCUT2D eigenvalue weighted by atomic mass is 15.0. The lowest BCUT2D eigenvalue weighted by Crippen LogP contribution is -2.22. The summed E-state index contributed by atoms with van der Waals surface area (Å²) in [5.41, 5.74) is 0. The molecule has 2 heteroatoms. The highest BCUT2D eigenvalue weighted by molar-refractivity contribution is 5.34. The van der Waals surface area contributed by atoms with Gasteiger partial charge in [-0.15, -0.1) is 0 Å². The fraction of sp³-hybridized carbons (Fsp3) is 0.545. The first-order valence-electron chi connectivity index (χ1n) is 5.13. The molecule has 1 aromatic rings. The van der Waals surface area contributed by atoms with Gasteiger partial charge in [-0.2, -0.15) is 0 Å². The second-order valence-electron chi connectivity index (χ2n) is 3.69. The smallest absolute Gasteiger partial charge is 0.126 e. The average Bonchev–Trinajstić information content (AvgIpc) is 2.21. The van der Waals surface area contributed by atoms with E-state index in [2.05, 4.69) is 10.3 Å². The van der Waals surface area contributed by atoms with E-state index in [9.17, 15) is 0 Å². The number of hydrogen-bond donors (Lipinski definition) is 1. The van der Waals surface area contributed by atoms with Gasteiger partial charge in [0, 0.05) is 12.2 Å². The van der Waals surface area contributed by atoms with Crippen molar-refractivity contribution in [3.05, 3.63) is 24.4 Å². The Labute approximate surface area is 79.4 Å². The molecule has 0 spiro atoms. The Morgan fingerprint density at radius 3 is 2.69 bits per heavy atom. The lowest BCUT2D eigenvalue weighted by Gasteiger charge is -2.23. The molecule has 0 radical (unpaired) electrons. The number of nitrogens with zero attached hydrogens (tertiary/aromatic N) is 1. The summed E-state index contributed by atoms with van der Waals surface area (Å²) in [5, 5.41) is 3.47. The summed E-state index contributed by atoms with van der Waals surface area (Å²) in [6.07, 6.45) is 8.58. The van der Waals surface area contributed by atoms with E-state index >= 15 is 0 Å². The van der Waals surface area contributed by atoms with Gasteiger partial charge in [0.2, 0.25) is 0 Å². The zero-order valence-electron chi connectivity index (χ0n) is 7.87. The molecule has 1 saturated carbocycles. The number of hydrogen-bond acceptors (Lipinski definition) is 2. The minimum absolute atomic E-state index is 0.656. The van der Waals surface area contributed by atoms with E-state index in [-0.39, 0.29) is 0 Å². The van der Waals surface area contributed by atoms with Crippen LogP contribution < -0.4 is 5.32 Å². The molecular weight excluding hydrogens is 160 g/mol. The molecule has 1 N–H and O–H groups in total. The monoisotopic (exact) mass is 176 g/mol. The van der Waals surface area contributed by atoms with Crippen LogP contribution in [0.4, 0.5) is 5.82 Å². The minimum Gasteiger partial charge on any atom is -0.367 e. The molecule has 13 heavy (non-hydrogen) atoms. The molecule has 1 aromatic heterocycles. The van der Waals surface area contributed by atoms with Crippen molar-refractivity contribution in [2.75, 3.05) is 5.32 Å². The van der Waals surface area contributed by atoms with Crippen LogP contribution in [0.1, 0.15) is 32.1 Å². The summed E-state index contributed by atoms with van der Waals surface area (Å²) in [4.78, 5) is 4.26. The Kier molecular flexibility index (Phi) is 2.80. The molecule has 0 saturated heterocycles. The topological polar surface area (TPSA) is 24.9 Å². The van der Waals surface area contributed by atoms with Gasteiger partial charge in [0.05, 0.1) is 0 Å². The van der Waals surface area contributed by atoms with Crippen LogP contribution in [0, 0.1) is 0 Å². The van der Waals surface area contributed by atoms with E-state index < -0.39 is 0 Å². The Morgan fingerprint density at radius 2 is 2.00 bits per heavy atom. The Bertz CT molecular complexity index is 240. The highest BCUT2D eigenvalue weighted by Gasteiger charge is 2.12. The maximum Gasteiger partial charge on any atom is 0.126 e. The molecule has 1 aliphatic carbocycles. The van der Waals surface area contributed by atoms with Gasteiger partial charge in [-0.3, -0.25) is 0 Å². The minimum atomic E-state index is 0.656. The third-order valence-corrected chi connectivity index (χ3v) is 2.62. The summed E-state index contributed by atoms with van der Waals surface area (Å²) in [6, 6.07) is 6.67. The highest BCUT2D eigenvalue weighted by Crippen LogP contribution is 2.20. The molecular formula is C11H16N2. The van der Waals surface area contributed by atoms with Gasteiger partial charge >= 0.3 is 0 Å². The number of aromatic nitrogens is 1.